The Balaban J connectivity index is 1.60. The van der Waals surface area contributed by atoms with Crippen LogP contribution >= 0.6 is 0 Å². The summed E-state index contributed by atoms with van der Waals surface area (Å²) in [6, 6.07) is 11.0. The number of nitrogens with zero attached hydrogens (tertiary/aromatic N) is 3. The zero-order valence-electron chi connectivity index (χ0n) is 17.6. The summed E-state index contributed by atoms with van der Waals surface area (Å²) in [7, 11) is 1.61. The Bertz CT molecular complexity index is 1070. The minimum Gasteiger partial charge on any atom is -0.497 e. The Hall–Kier alpha value is -3.42. The number of ether oxygens (including phenoxy) is 1. The molecular weight excluding hydrogens is 384 g/mol. The fourth-order valence-electron chi connectivity index (χ4n) is 3.21. The van der Waals surface area contributed by atoms with E-state index in [2.05, 4.69) is 15.5 Å². The lowest BCUT2D eigenvalue weighted by atomic mass is 10.1. The van der Waals surface area contributed by atoms with Crippen LogP contribution in [0, 0.1) is 6.92 Å². The number of methoxy groups -OCH3 is 1. The molecule has 8 nitrogen and oxygen atoms in total. The molecule has 0 saturated carbocycles. The summed E-state index contributed by atoms with van der Waals surface area (Å²) < 4.78 is 12.0. The maximum atomic E-state index is 12.6. The normalized spacial score (nSPS) is 11.9. The summed E-state index contributed by atoms with van der Waals surface area (Å²) in [4.78, 5) is 29.1. The Morgan fingerprint density at radius 1 is 1.23 bits per heavy atom. The molecule has 0 aliphatic carbocycles. The van der Waals surface area contributed by atoms with Gasteiger partial charge in [-0.25, -0.2) is 0 Å². The second-order valence-electron chi connectivity index (χ2n) is 7.01. The van der Waals surface area contributed by atoms with Crippen molar-refractivity contribution in [3.8, 4) is 17.1 Å². The van der Waals surface area contributed by atoms with Crippen molar-refractivity contribution in [3.05, 3.63) is 63.9 Å². The van der Waals surface area contributed by atoms with Gasteiger partial charge in [-0.05, 0) is 50.6 Å². The van der Waals surface area contributed by atoms with Crippen molar-refractivity contribution in [2.24, 2.45) is 0 Å². The number of amides is 1. The number of carbonyl (C=O) groups excluding carboxylic acids is 1. The molecule has 0 saturated heterocycles. The third kappa shape index (κ3) is 4.76. The number of carbonyl (C=O) groups is 1. The second kappa shape index (κ2) is 9.39. The molecule has 2 heterocycles. The molecule has 0 bridgehead atoms. The first-order valence-corrected chi connectivity index (χ1v) is 9.89. The number of benzene rings is 1. The molecule has 1 aromatic carbocycles. The molecule has 1 N–H and O–H groups in total. The summed E-state index contributed by atoms with van der Waals surface area (Å²) in [5.74, 6) is 1.20. The fourth-order valence-corrected chi connectivity index (χ4v) is 3.21. The van der Waals surface area contributed by atoms with Crippen LogP contribution in [-0.4, -0.2) is 27.7 Å². The van der Waals surface area contributed by atoms with Crippen LogP contribution in [0.25, 0.3) is 11.4 Å². The largest absolute Gasteiger partial charge is 0.497 e. The van der Waals surface area contributed by atoms with E-state index in [1.165, 1.54) is 0 Å². The van der Waals surface area contributed by atoms with Crippen LogP contribution in [0.3, 0.4) is 0 Å². The average Bonchev–Trinajstić information content (AvgIpc) is 3.21. The van der Waals surface area contributed by atoms with Crippen LogP contribution in [0.4, 0.5) is 0 Å². The number of aryl methyl sites for hydroxylation is 2. The Morgan fingerprint density at radius 2 is 1.97 bits per heavy atom. The van der Waals surface area contributed by atoms with E-state index < -0.39 is 0 Å². The smallest absolute Gasteiger partial charge is 0.261 e. The Labute approximate surface area is 174 Å². The number of rotatable bonds is 8. The number of pyridine rings is 1. The van der Waals surface area contributed by atoms with Crippen LogP contribution < -0.4 is 15.6 Å². The van der Waals surface area contributed by atoms with Gasteiger partial charge < -0.3 is 19.1 Å². The summed E-state index contributed by atoms with van der Waals surface area (Å²) in [6.07, 6.45) is 0.497. The first kappa shape index (κ1) is 21.3. The van der Waals surface area contributed by atoms with Crippen LogP contribution in [0.15, 0.2) is 45.7 Å². The molecule has 8 heteroatoms. The van der Waals surface area contributed by atoms with Crippen molar-refractivity contribution in [1.82, 2.24) is 20.0 Å². The van der Waals surface area contributed by atoms with Crippen molar-refractivity contribution in [2.45, 2.75) is 46.2 Å². The maximum Gasteiger partial charge on any atom is 0.261 e. The topological polar surface area (TPSA) is 99.2 Å². The molecule has 3 rings (SSSR count). The van der Waals surface area contributed by atoms with Gasteiger partial charge in [-0.15, -0.1) is 0 Å². The molecule has 1 atom stereocenters. The minimum atomic E-state index is -0.157. The number of nitrogens with one attached hydrogen (secondary N) is 1. The molecule has 0 spiro atoms. The van der Waals surface area contributed by atoms with Crippen molar-refractivity contribution in [2.75, 3.05) is 7.11 Å². The van der Waals surface area contributed by atoms with Gasteiger partial charge in [0.05, 0.1) is 18.7 Å². The predicted molar refractivity (Wildman–Crippen MR) is 112 cm³/mol. The predicted octanol–water partition coefficient (Wildman–Crippen LogP) is 3.05. The molecular formula is C22H26N4O4. The first-order chi connectivity index (χ1) is 14.4. The molecule has 1 amide bonds. The molecule has 158 valence electrons. The molecule has 0 unspecified atom stereocenters. The van der Waals surface area contributed by atoms with Gasteiger partial charge in [0.25, 0.3) is 5.56 Å². The van der Waals surface area contributed by atoms with E-state index in [4.69, 9.17) is 9.26 Å². The van der Waals surface area contributed by atoms with Crippen LogP contribution in [0.1, 0.15) is 43.5 Å². The SMILES string of the molecule is CCn1c(C)ccc(-c2noc(CCC(=O)N[C@@H](C)c3ccc(OC)cc3)n2)c1=O. The van der Waals surface area contributed by atoms with Gasteiger partial charge in [0.2, 0.25) is 17.6 Å². The fraction of sp³-hybridized carbons (Fsp3) is 0.364. The monoisotopic (exact) mass is 410 g/mol. The standard InChI is InChI=1S/C22H26N4O4/c1-5-26-14(2)6-11-18(22(26)28)21-24-20(30-25-21)13-12-19(27)23-15(3)16-7-9-17(29-4)10-8-16/h6-11,15H,5,12-13H2,1-4H3,(H,23,27)/t15-/m0/s1. The highest BCUT2D eigenvalue weighted by atomic mass is 16.5. The zero-order chi connectivity index (χ0) is 21.7. The van der Waals surface area contributed by atoms with Crippen molar-refractivity contribution in [3.63, 3.8) is 0 Å². The van der Waals surface area contributed by atoms with Crippen LogP contribution in [0.2, 0.25) is 0 Å². The molecule has 0 aliphatic heterocycles. The zero-order valence-corrected chi connectivity index (χ0v) is 17.6. The quantitative estimate of drug-likeness (QED) is 0.613. The van der Waals surface area contributed by atoms with Gasteiger partial charge in [-0.2, -0.15) is 4.98 Å². The Kier molecular flexibility index (Phi) is 6.66. The second-order valence-corrected chi connectivity index (χ2v) is 7.01. The number of hydrogen-bond donors (Lipinski definition) is 1. The summed E-state index contributed by atoms with van der Waals surface area (Å²) in [6.45, 7) is 6.27. The third-order valence-corrected chi connectivity index (χ3v) is 4.98. The van der Waals surface area contributed by atoms with Gasteiger partial charge in [-0.3, -0.25) is 9.59 Å². The lowest BCUT2D eigenvalue weighted by Gasteiger charge is -2.14. The molecule has 3 aromatic rings. The van der Waals surface area contributed by atoms with E-state index in [0.717, 1.165) is 17.0 Å². The van der Waals surface area contributed by atoms with Gasteiger partial charge in [0.1, 0.15) is 5.75 Å². The van der Waals surface area contributed by atoms with Crippen LogP contribution in [-0.2, 0) is 17.8 Å². The molecule has 30 heavy (non-hydrogen) atoms. The lowest BCUT2D eigenvalue weighted by Crippen LogP contribution is -2.26. The highest BCUT2D eigenvalue weighted by Gasteiger charge is 2.16. The molecule has 0 fully saturated rings. The first-order valence-electron chi connectivity index (χ1n) is 9.89. The van der Waals surface area contributed by atoms with Gasteiger partial charge in [0.15, 0.2) is 0 Å². The summed E-state index contributed by atoms with van der Waals surface area (Å²) in [5, 5.41) is 6.86. The van der Waals surface area contributed by atoms with E-state index in [1.54, 1.807) is 17.7 Å². The van der Waals surface area contributed by atoms with Gasteiger partial charge >= 0.3 is 0 Å². The van der Waals surface area contributed by atoms with E-state index in [1.807, 2.05) is 51.1 Å². The maximum absolute atomic E-state index is 12.6. The molecule has 0 aliphatic rings. The van der Waals surface area contributed by atoms with E-state index >= 15 is 0 Å². The van der Waals surface area contributed by atoms with Gasteiger partial charge in [0, 0.05) is 25.1 Å². The highest BCUT2D eigenvalue weighted by molar-refractivity contribution is 5.76. The minimum absolute atomic E-state index is 0.123. The van der Waals surface area contributed by atoms with Crippen molar-refractivity contribution in [1.29, 1.82) is 0 Å². The van der Waals surface area contributed by atoms with E-state index in [-0.39, 0.29) is 29.8 Å². The summed E-state index contributed by atoms with van der Waals surface area (Å²) >= 11 is 0. The highest BCUT2D eigenvalue weighted by Crippen LogP contribution is 2.18. The number of hydrogen-bond acceptors (Lipinski definition) is 6. The number of aromatic nitrogens is 3. The average molecular weight is 410 g/mol. The third-order valence-electron chi connectivity index (χ3n) is 4.98. The summed E-state index contributed by atoms with van der Waals surface area (Å²) in [5.41, 5.74) is 2.08. The van der Waals surface area contributed by atoms with E-state index in [9.17, 15) is 9.59 Å². The van der Waals surface area contributed by atoms with Crippen molar-refractivity contribution >= 4 is 5.91 Å². The van der Waals surface area contributed by atoms with Crippen LogP contribution in [0.5, 0.6) is 5.75 Å². The van der Waals surface area contributed by atoms with Crippen molar-refractivity contribution < 1.29 is 14.1 Å². The lowest BCUT2D eigenvalue weighted by molar-refractivity contribution is -0.121. The van der Waals surface area contributed by atoms with Gasteiger partial charge in [-0.1, -0.05) is 17.3 Å². The Morgan fingerprint density at radius 3 is 2.63 bits per heavy atom. The molecule has 0 radical (unpaired) electrons. The van der Waals surface area contributed by atoms with E-state index in [0.29, 0.717) is 24.4 Å². The molecule has 2 aromatic heterocycles.